The number of amides is 1. The molecule has 0 saturated carbocycles. The third-order valence-electron chi connectivity index (χ3n) is 5.03. The number of carbonyl (C=O) groups excluding carboxylic acids is 1. The van der Waals surface area contributed by atoms with E-state index in [9.17, 15) is 4.79 Å². The van der Waals surface area contributed by atoms with Crippen molar-refractivity contribution in [3.63, 3.8) is 0 Å². The van der Waals surface area contributed by atoms with Crippen molar-refractivity contribution in [2.45, 2.75) is 6.10 Å². The van der Waals surface area contributed by atoms with Gasteiger partial charge in [-0.2, -0.15) is 4.37 Å². The molecule has 138 valence electrons. The molecule has 2 aliphatic heterocycles. The Morgan fingerprint density at radius 2 is 1.74 bits per heavy atom. The predicted molar refractivity (Wildman–Crippen MR) is 105 cm³/mol. The maximum atomic E-state index is 12.9. The molecule has 1 aromatic heterocycles. The Hall–Kier alpha value is -2.80. The third kappa shape index (κ3) is 2.98. The molecule has 0 unspecified atom stereocenters. The van der Waals surface area contributed by atoms with Gasteiger partial charge in [0.1, 0.15) is 12.4 Å². The van der Waals surface area contributed by atoms with E-state index in [4.69, 9.17) is 9.47 Å². The lowest BCUT2D eigenvalue weighted by Gasteiger charge is -2.37. The zero-order valence-electron chi connectivity index (χ0n) is 14.7. The van der Waals surface area contributed by atoms with Gasteiger partial charge in [0, 0.05) is 31.6 Å². The highest BCUT2D eigenvalue weighted by molar-refractivity contribution is 7.13. The maximum Gasteiger partial charge on any atom is 0.267 e. The van der Waals surface area contributed by atoms with E-state index in [0.717, 1.165) is 18.9 Å². The molecule has 1 amide bonds. The summed E-state index contributed by atoms with van der Waals surface area (Å²) in [6.45, 7) is 3.11. The number of aromatic nitrogens is 1. The molecule has 2 aromatic carbocycles. The zero-order chi connectivity index (χ0) is 18.2. The van der Waals surface area contributed by atoms with Crippen molar-refractivity contribution in [3.8, 4) is 11.5 Å². The molecule has 27 heavy (non-hydrogen) atoms. The number of hydrogen-bond acceptors (Lipinski definition) is 6. The molecule has 0 radical (unpaired) electrons. The van der Waals surface area contributed by atoms with Crippen LogP contribution in [-0.4, -0.2) is 54.1 Å². The van der Waals surface area contributed by atoms with Crippen molar-refractivity contribution in [2.75, 3.05) is 37.7 Å². The molecule has 0 spiro atoms. The topological polar surface area (TPSA) is 54.9 Å². The molecule has 0 N–H and O–H groups in total. The average molecular weight is 381 g/mol. The van der Waals surface area contributed by atoms with E-state index in [-0.39, 0.29) is 12.5 Å². The first-order valence-electron chi connectivity index (χ1n) is 9.06. The number of benzene rings is 2. The average Bonchev–Trinajstić information content (AvgIpc) is 3.17. The van der Waals surface area contributed by atoms with Crippen LogP contribution in [0.25, 0.3) is 10.1 Å². The summed E-state index contributed by atoms with van der Waals surface area (Å²) in [5.41, 5.74) is 0. The molecule has 5 rings (SSSR count). The lowest BCUT2D eigenvalue weighted by atomic mass is 10.2. The summed E-state index contributed by atoms with van der Waals surface area (Å²) < 4.78 is 17.4. The Morgan fingerprint density at radius 1 is 1.00 bits per heavy atom. The number of fused-ring (bicyclic) bond motifs is 2. The van der Waals surface area contributed by atoms with Gasteiger partial charge in [0.15, 0.2) is 11.5 Å². The molecule has 1 atom stereocenters. The van der Waals surface area contributed by atoms with E-state index in [1.165, 1.54) is 21.6 Å². The molecular formula is C20H19N3O3S. The molecule has 6 nitrogen and oxygen atoms in total. The molecule has 1 fully saturated rings. The van der Waals surface area contributed by atoms with E-state index < -0.39 is 6.10 Å². The van der Waals surface area contributed by atoms with Crippen molar-refractivity contribution < 1.29 is 14.3 Å². The van der Waals surface area contributed by atoms with Crippen LogP contribution in [-0.2, 0) is 4.79 Å². The van der Waals surface area contributed by atoms with Gasteiger partial charge >= 0.3 is 0 Å². The van der Waals surface area contributed by atoms with E-state index >= 15 is 0 Å². The van der Waals surface area contributed by atoms with Gasteiger partial charge in [-0.25, -0.2) is 0 Å². The Morgan fingerprint density at radius 3 is 2.59 bits per heavy atom. The Kier molecular flexibility index (Phi) is 4.09. The van der Waals surface area contributed by atoms with Crippen molar-refractivity contribution in [2.24, 2.45) is 0 Å². The number of nitrogens with zero attached hydrogens (tertiary/aromatic N) is 3. The van der Waals surface area contributed by atoms with Crippen molar-refractivity contribution >= 4 is 33.3 Å². The quantitative estimate of drug-likeness (QED) is 0.683. The summed E-state index contributed by atoms with van der Waals surface area (Å²) in [6.07, 6.45) is -0.577. The maximum absolute atomic E-state index is 12.9. The summed E-state index contributed by atoms with van der Waals surface area (Å²) in [5.74, 6) is 2.35. The van der Waals surface area contributed by atoms with Crippen LogP contribution < -0.4 is 14.4 Å². The van der Waals surface area contributed by atoms with Crippen molar-refractivity contribution in [1.82, 2.24) is 9.27 Å². The molecule has 1 saturated heterocycles. The number of hydrogen-bond donors (Lipinski definition) is 0. The third-order valence-corrected chi connectivity index (χ3v) is 5.85. The SMILES string of the molecule is O=C([C@@H]1COc2ccccc2O1)N1CCN(c2nsc3ccccc23)CC1. The van der Waals surface area contributed by atoms with E-state index in [2.05, 4.69) is 21.4 Å². The summed E-state index contributed by atoms with van der Waals surface area (Å²) in [5, 5.41) is 1.18. The Balaban J connectivity index is 1.25. The second-order valence-electron chi connectivity index (χ2n) is 6.68. The number of piperazine rings is 1. The smallest absolute Gasteiger partial charge is 0.267 e. The fourth-order valence-corrected chi connectivity index (χ4v) is 4.38. The van der Waals surface area contributed by atoms with Gasteiger partial charge in [-0.15, -0.1) is 0 Å². The van der Waals surface area contributed by atoms with Gasteiger partial charge in [0.05, 0.1) is 4.70 Å². The van der Waals surface area contributed by atoms with E-state index in [1.807, 2.05) is 41.3 Å². The molecule has 0 aliphatic carbocycles. The molecular weight excluding hydrogens is 362 g/mol. The first-order valence-corrected chi connectivity index (χ1v) is 9.83. The van der Waals surface area contributed by atoms with Crippen LogP contribution >= 0.6 is 11.5 Å². The highest BCUT2D eigenvalue weighted by Crippen LogP contribution is 2.32. The standard InChI is InChI=1S/C20H19N3O3S/c24-20(17-13-25-15-6-2-3-7-16(15)26-17)23-11-9-22(10-12-23)19-14-5-1-4-8-18(14)27-21-19/h1-8,17H,9-13H2/t17-/m0/s1. The molecule has 3 heterocycles. The van der Waals surface area contributed by atoms with E-state index in [1.54, 1.807) is 0 Å². The number of carbonyl (C=O) groups is 1. The fraction of sp³-hybridized carbons (Fsp3) is 0.300. The lowest BCUT2D eigenvalue weighted by Crippen LogP contribution is -2.54. The van der Waals surface area contributed by atoms with Crippen molar-refractivity contribution in [1.29, 1.82) is 0 Å². The fourth-order valence-electron chi connectivity index (χ4n) is 3.58. The van der Waals surface area contributed by atoms with Gasteiger partial charge in [-0.05, 0) is 35.8 Å². The Labute approximate surface area is 161 Å². The largest absolute Gasteiger partial charge is 0.485 e. The minimum Gasteiger partial charge on any atom is -0.485 e. The summed E-state index contributed by atoms with van der Waals surface area (Å²) in [6, 6.07) is 15.7. The van der Waals surface area contributed by atoms with Gasteiger partial charge in [0.2, 0.25) is 6.10 Å². The van der Waals surface area contributed by atoms with Crippen LogP contribution in [0.5, 0.6) is 11.5 Å². The predicted octanol–water partition coefficient (Wildman–Crippen LogP) is 2.78. The highest BCUT2D eigenvalue weighted by atomic mass is 32.1. The van der Waals surface area contributed by atoms with Crippen LogP contribution in [0.2, 0.25) is 0 Å². The monoisotopic (exact) mass is 381 g/mol. The summed E-state index contributed by atoms with van der Waals surface area (Å²) >= 11 is 1.52. The molecule has 3 aromatic rings. The number of para-hydroxylation sites is 2. The van der Waals surface area contributed by atoms with E-state index in [0.29, 0.717) is 24.6 Å². The van der Waals surface area contributed by atoms with Gasteiger partial charge in [-0.1, -0.05) is 24.3 Å². The summed E-state index contributed by atoms with van der Waals surface area (Å²) in [7, 11) is 0. The number of rotatable bonds is 2. The minimum absolute atomic E-state index is 0.00714. The first kappa shape index (κ1) is 16.4. The zero-order valence-corrected chi connectivity index (χ0v) is 15.5. The highest BCUT2D eigenvalue weighted by Gasteiger charge is 2.33. The first-order chi connectivity index (χ1) is 13.3. The molecule has 7 heteroatoms. The summed E-state index contributed by atoms with van der Waals surface area (Å²) in [4.78, 5) is 17.0. The number of ether oxygens (including phenoxy) is 2. The van der Waals surface area contributed by atoms with Crippen molar-refractivity contribution in [3.05, 3.63) is 48.5 Å². The van der Waals surface area contributed by atoms with Crippen LogP contribution in [0, 0.1) is 0 Å². The van der Waals surface area contributed by atoms with Crippen LogP contribution in [0.4, 0.5) is 5.82 Å². The lowest BCUT2D eigenvalue weighted by molar-refractivity contribution is -0.141. The second kappa shape index (κ2) is 6.74. The van der Waals surface area contributed by atoms with Gasteiger partial charge < -0.3 is 19.3 Å². The van der Waals surface area contributed by atoms with Gasteiger partial charge in [0.25, 0.3) is 5.91 Å². The molecule has 0 bridgehead atoms. The normalized spacial score (nSPS) is 19.3. The van der Waals surface area contributed by atoms with Gasteiger partial charge in [-0.3, -0.25) is 4.79 Å². The number of anilines is 1. The second-order valence-corrected chi connectivity index (χ2v) is 7.48. The van der Waals surface area contributed by atoms with Crippen LogP contribution in [0.3, 0.4) is 0 Å². The molecule has 2 aliphatic rings. The van der Waals surface area contributed by atoms with Crippen LogP contribution in [0.15, 0.2) is 48.5 Å². The minimum atomic E-state index is -0.577. The Bertz CT molecular complexity index is 981. The van der Waals surface area contributed by atoms with Crippen LogP contribution in [0.1, 0.15) is 0 Å².